The molecular weight excluding hydrogens is 250 g/mol. The van der Waals surface area contributed by atoms with Crippen LogP contribution < -0.4 is 10.2 Å². The lowest BCUT2D eigenvalue weighted by molar-refractivity contribution is 0.445. The summed E-state index contributed by atoms with van der Waals surface area (Å²) in [6, 6.07) is 6.29. The molecule has 2 aromatic heterocycles. The number of piperidine rings is 1. The second kappa shape index (κ2) is 5.14. The molecule has 20 heavy (non-hydrogen) atoms. The van der Waals surface area contributed by atoms with Gasteiger partial charge in [-0.05, 0) is 31.5 Å². The third kappa shape index (κ3) is 2.02. The van der Waals surface area contributed by atoms with Crippen LogP contribution in [0.3, 0.4) is 0 Å². The molecule has 3 heterocycles. The number of rotatable bonds is 2. The zero-order valence-electron chi connectivity index (χ0n) is 11.9. The second-order valence-electron chi connectivity index (χ2n) is 5.48. The van der Waals surface area contributed by atoms with Crippen molar-refractivity contribution in [3.05, 3.63) is 29.8 Å². The molecule has 5 nitrogen and oxygen atoms in total. The Hall–Kier alpha value is -2.06. The quantitative estimate of drug-likeness (QED) is 0.902. The van der Waals surface area contributed by atoms with E-state index in [0.29, 0.717) is 11.6 Å². The van der Waals surface area contributed by atoms with Crippen molar-refractivity contribution in [3.8, 4) is 6.07 Å². The molecule has 1 fully saturated rings. The summed E-state index contributed by atoms with van der Waals surface area (Å²) in [5, 5.41) is 12.8. The Morgan fingerprint density at radius 1 is 1.50 bits per heavy atom. The Morgan fingerprint density at radius 2 is 2.35 bits per heavy atom. The van der Waals surface area contributed by atoms with Crippen molar-refractivity contribution >= 4 is 11.2 Å². The molecule has 0 aliphatic carbocycles. The minimum atomic E-state index is 0.385. The first-order chi connectivity index (χ1) is 9.72. The third-order valence-electron chi connectivity index (χ3n) is 3.92. The first-order valence-electron chi connectivity index (χ1n) is 7.01. The Kier molecular flexibility index (Phi) is 3.33. The number of nitrogens with one attached hydrogen (secondary N) is 1. The number of hydrogen-bond acceptors (Lipinski definition) is 4. The molecule has 1 atom stereocenters. The highest BCUT2D eigenvalue weighted by atomic mass is 15.1. The Bertz CT molecular complexity index is 659. The average Bonchev–Trinajstić information content (AvgIpc) is 2.86. The maximum absolute atomic E-state index is 9.39. The van der Waals surface area contributed by atoms with Crippen LogP contribution in [0.25, 0.3) is 5.52 Å². The Morgan fingerprint density at radius 3 is 3.00 bits per heavy atom. The zero-order valence-corrected chi connectivity index (χ0v) is 11.9. The molecule has 0 radical (unpaired) electrons. The lowest BCUT2D eigenvalue weighted by Crippen LogP contribution is -2.29. The highest BCUT2D eigenvalue weighted by Gasteiger charge is 2.23. The van der Waals surface area contributed by atoms with E-state index >= 15 is 0 Å². The van der Waals surface area contributed by atoms with Gasteiger partial charge in [0.2, 0.25) is 0 Å². The van der Waals surface area contributed by atoms with E-state index in [0.717, 1.165) is 43.0 Å². The van der Waals surface area contributed by atoms with E-state index in [4.69, 9.17) is 0 Å². The highest BCUT2D eigenvalue weighted by Crippen LogP contribution is 2.29. The smallest absolute Gasteiger partial charge is 0.168 e. The molecule has 1 N–H and O–H groups in total. The Balaban J connectivity index is 2.19. The van der Waals surface area contributed by atoms with Gasteiger partial charge in [-0.15, -0.1) is 0 Å². The molecular formula is C15H19N5. The molecule has 0 amide bonds. The molecule has 0 aromatic carbocycles. The lowest BCUT2D eigenvalue weighted by Gasteiger charge is -2.22. The first kappa shape index (κ1) is 12.9. The molecule has 1 unspecified atom stereocenters. The van der Waals surface area contributed by atoms with Crippen LogP contribution in [0.5, 0.6) is 0 Å². The van der Waals surface area contributed by atoms with Gasteiger partial charge in [0.05, 0.1) is 5.69 Å². The standard InChI is InChI=1S/C15H19N5/c1-19(2)13-6-4-8-20-14(13)12(9-16)18-15(20)11-5-3-7-17-10-11/h4,6,8,11,17H,3,5,7,10H2,1-2H3. The summed E-state index contributed by atoms with van der Waals surface area (Å²) >= 11 is 0. The fourth-order valence-electron chi connectivity index (χ4n) is 2.94. The number of fused-ring (bicyclic) bond motifs is 1. The van der Waals surface area contributed by atoms with Crippen LogP contribution in [0.2, 0.25) is 0 Å². The van der Waals surface area contributed by atoms with Gasteiger partial charge in [-0.1, -0.05) is 0 Å². The maximum Gasteiger partial charge on any atom is 0.168 e. The zero-order chi connectivity index (χ0) is 14.1. The van der Waals surface area contributed by atoms with Gasteiger partial charge in [0, 0.05) is 32.8 Å². The van der Waals surface area contributed by atoms with Gasteiger partial charge in [0.15, 0.2) is 5.69 Å². The molecule has 3 rings (SSSR count). The van der Waals surface area contributed by atoms with E-state index in [2.05, 4.69) is 20.8 Å². The van der Waals surface area contributed by atoms with Crippen LogP contribution in [0.4, 0.5) is 5.69 Å². The van der Waals surface area contributed by atoms with Crippen LogP contribution in [-0.4, -0.2) is 36.6 Å². The number of hydrogen-bond donors (Lipinski definition) is 1. The molecule has 2 aromatic rings. The van der Waals surface area contributed by atoms with Crippen LogP contribution >= 0.6 is 0 Å². The Labute approximate surface area is 118 Å². The van der Waals surface area contributed by atoms with Crippen LogP contribution in [0, 0.1) is 11.3 Å². The fourth-order valence-corrected chi connectivity index (χ4v) is 2.94. The number of aromatic nitrogens is 2. The SMILES string of the molecule is CN(C)c1cccn2c(C3CCCNC3)nc(C#N)c12. The van der Waals surface area contributed by atoms with Gasteiger partial charge in [-0.25, -0.2) is 4.98 Å². The highest BCUT2D eigenvalue weighted by molar-refractivity contribution is 5.78. The van der Waals surface area contributed by atoms with E-state index in [9.17, 15) is 5.26 Å². The van der Waals surface area contributed by atoms with Crippen LogP contribution in [0.1, 0.15) is 30.3 Å². The third-order valence-corrected chi connectivity index (χ3v) is 3.92. The van der Waals surface area contributed by atoms with Crippen molar-refractivity contribution in [3.63, 3.8) is 0 Å². The van der Waals surface area contributed by atoms with Gasteiger partial charge < -0.3 is 14.6 Å². The summed E-state index contributed by atoms with van der Waals surface area (Å²) in [5.74, 6) is 1.39. The maximum atomic E-state index is 9.39. The number of pyridine rings is 1. The van der Waals surface area contributed by atoms with E-state index in [1.165, 1.54) is 0 Å². The largest absolute Gasteiger partial charge is 0.376 e. The van der Waals surface area contributed by atoms with Crippen molar-refractivity contribution in [2.75, 3.05) is 32.1 Å². The summed E-state index contributed by atoms with van der Waals surface area (Å²) in [4.78, 5) is 6.64. The van der Waals surface area contributed by atoms with Crippen LogP contribution in [0.15, 0.2) is 18.3 Å². The minimum absolute atomic E-state index is 0.385. The summed E-state index contributed by atoms with van der Waals surface area (Å²) < 4.78 is 2.09. The monoisotopic (exact) mass is 269 g/mol. The van der Waals surface area contributed by atoms with E-state index in [1.807, 2.05) is 37.3 Å². The molecule has 0 spiro atoms. The van der Waals surface area contributed by atoms with Gasteiger partial charge in [0.1, 0.15) is 17.4 Å². The van der Waals surface area contributed by atoms with Crippen molar-refractivity contribution in [1.29, 1.82) is 5.26 Å². The molecule has 104 valence electrons. The van der Waals surface area contributed by atoms with Crippen LogP contribution in [-0.2, 0) is 0 Å². The predicted molar refractivity (Wildman–Crippen MR) is 79.1 cm³/mol. The molecule has 0 bridgehead atoms. The minimum Gasteiger partial charge on any atom is -0.376 e. The number of nitriles is 1. The normalized spacial score (nSPS) is 18.9. The van der Waals surface area contributed by atoms with E-state index in [1.54, 1.807) is 0 Å². The van der Waals surface area contributed by atoms with Gasteiger partial charge in [-0.3, -0.25) is 0 Å². The second-order valence-corrected chi connectivity index (χ2v) is 5.48. The van der Waals surface area contributed by atoms with Gasteiger partial charge in [0.25, 0.3) is 0 Å². The number of nitrogens with zero attached hydrogens (tertiary/aromatic N) is 4. The number of imidazole rings is 1. The molecule has 1 aliphatic heterocycles. The predicted octanol–water partition coefficient (Wildman–Crippen LogP) is 1.74. The number of anilines is 1. The summed E-state index contributed by atoms with van der Waals surface area (Å²) in [5.41, 5.74) is 2.47. The fraction of sp³-hybridized carbons (Fsp3) is 0.467. The van der Waals surface area contributed by atoms with Crippen molar-refractivity contribution in [2.24, 2.45) is 0 Å². The molecule has 0 saturated carbocycles. The van der Waals surface area contributed by atoms with Crippen molar-refractivity contribution < 1.29 is 0 Å². The van der Waals surface area contributed by atoms with Gasteiger partial charge in [-0.2, -0.15) is 5.26 Å². The topological polar surface area (TPSA) is 56.4 Å². The van der Waals surface area contributed by atoms with Crippen molar-refractivity contribution in [2.45, 2.75) is 18.8 Å². The molecule has 5 heteroatoms. The molecule has 1 saturated heterocycles. The molecule has 1 aliphatic rings. The summed E-state index contributed by atoms with van der Waals surface area (Å²) in [7, 11) is 3.98. The summed E-state index contributed by atoms with van der Waals surface area (Å²) in [6.07, 6.45) is 4.30. The van der Waals surface area contributed by atoms with E-state index < -0.39 is 0 Å². The average molecular weight is 269 g/mol. The van der Waals surface area contributed by atoms with E-state index in [-0.39, 0.29) is 0 Å². The summed E-state index contributed by atoms with van der Waals surface area (Å²) in [6.45, 7) is 2.02. The first-order valence-corrected chi connectivity index (χ1v) is 7.01. The van der Waals surface area contributed by atoms with Crippen molar-refractivity contribution in [1.82, 2.24) is 14.7 Å². The van der Waals surface area contributed by atoms with Gasteiger partial charge >= 0.3 is 0 Å². The lowest BCUT2D eigenvalue weighted by atomic mass is 9.99.